The number of benzene rings is 2. The minimum atomic E-state index is -0.502. The average molecular weight is 461 g/mol. The van der Waals surface area contributed by atoms with E-state index in [1.807, 2.05) is 63.2 Å². The molecule has 1 atom stereocenters. The van der Waals surface area contributed by atoms with E-state index in [9.17, 15) is 5.26 Å². The Balaban J connectivity index is 1.86. The molecule has 1 unspecified atom stereocenters. The molecule has 34 heavy (non-hydrogen) atoms. The van der Waals surface area contributed by atoms with Crippen molar-refractivity contribution in [2.24, 2.45) is 5.73 Å². The second-order valence-corrected chi connectivity index (χ2v) is 7.69. The molecule has 0 spiro atoms. The number of nitrogens with zero attached hydrogens (tertiary/aromatic N) is 2. The molecule has 1 aliphatic heterocycles. The van der Waals surface area contributed by atoms with Gasteiger partial charge >= 0.3 is 0 Å². The fourth-order valence-electron chi connectivity index (χ4n) is 4.01. The average Bonchev–Trinajstić information content (AvgIpc) is 3.26. The van der Waals surface area contributed by atoms with Crippen LogP contribution in [0.15, 0.2) is 53.9 Å². The Bertz CT molecular complexity index is 1240. The highest BCUT2D eigenvalue weighted by molar-refractivity contribution is 5.72. The first kappa shape index (κ1) is 23.1. The van der Waals surface area contributed by atoms with E-state index in [4.69, 9.17) is 24.7 Å². The normalized spacial score (nSPS) is 14.7. The highest BCUT2D eigenvalue weighted by Gasteiger charge is 2.36. The van der Waals surface area contributed by atoms with Gasteiger partial charge in [-0.15, -0.1) is 5.10 Å². The van der Waals surface area contributed by atoms with Crippen LogP contribution in [0.3, 0.4) is 0 Å². The zero-order chi connectivity index (χ0) is 24.1. The van der Waals surface area contributed by atoms with Crippen molar-refractivity contribution in [1.82, 2.24) is 10.2 Å². The molecule has 0 radical (unpaired) electrons. The summed E-state index contributed by atoms with van der Waals surface area (Å²) in [5, 5.41) is 17.4. The summed E-state index contributed by atoms with van der Waals surface area (Å²) in [6.07, 6.45) is 0.883. The van der Waals surface area contributed by atoms with E-state index in [1.165, 1.54) is 0 Å². The van der Waals surface area contributed by atoms with Crippen molar-refractivity contribution < 1.29 is 18.9 Å². The predicted molar refractivity (Wildman–Crippen MR) is 128 cm³/mol. The van der Waals surface area contributed by atoms with Gasteiger partial charge in [-0.25, -0.2) is 0 Å². The van der Waals surface area contributed by atoms with Crippen molar-refractivity contribution in [2.45, 2.75) is 33.1 Å². The summed E-state index contributed by atoms with van der Waals surface area (Å²) in [5.41, 5.74) is 9.58. The number of allylic oxidation sites excluding steroid dienone is 1. The maximum absolute atomic E-state index is 10.0. The Morgan fingerprint density at radius 3 is 2.62 bits per heavy atom. The van der Waals surface area contributed by atoms with Gasteiger partial charge < -0.3 is 24.7 Å². The predicted octanol–water partition coefficient (Wildman–Crippen LogP) is 4.88. The van der Waals surface area contributed by atoms with Crippen molar-refractivity contribution in [3.63, 3.8) is 0 Å². The molecule has 0 saturated carbocycles. The van der Waals surface area contributed by atoms with Gasteiger partial charge in [0.2, 0.25) is 11.8 Å². The summed E-state index contributed by atoms with van der Waals surface area (Å²) in [5.74, 6) is 1.88. The Morgan fingerprint density at radius 2 is 1.88 bits per heavy atom. The Kier molecular flexibility index (Phi) is 6.93. The highest BCUT2D eigenvalue weighted by Crippen LogP contribution is 2.47. The number of rotatable bonds is 9. The van der Waals surface area contributed by atoms with Crippen LogP contribution in [0.4, 0.5) is 0 Å². The van der Waals surface area contributed by atoms with Gasteiger partial charge in [-0.3, -0.25) is 5.10 Å². The molecule has 2 aromatic carbocycles. The first-order valence-electron chi connectivity index (χ1n) is 11.4. The van der Waals surface area contributed by atoms with Crippen LogP contribution >= 0.6 is 0 Å². The minimum Gasteiger partial charge on any atom is -0.494 e. The van der Waals surface area contributed by atoms with Gasteiger partial charge in [0, 0.05) is 5.56 Å². The SMILES string of the molecule is CCCOc1ccc(C2C(C#N)=C(N)Oc3n[nH]c(-c4cccc(OCC)c4)c32)cc1OCC. The van der Waals surface area contributed by atoms with Crippen LogP contribution < -0.4 is 24.7 Å². The second kappa shape index (κ2) is 10.2. The molecule has 0 aliphatic carbocycles. The third-order valence-corrected chi connectivity index (χ3v) is 5.44. The van der Waals surface area contributed by atoms with Gasteiger partial charge in [0.05, 0.1) is 37.0 Å². The maximum Gasteiger partial charge on any atom is 0.244 e. The van der Waals surface area contributed by atoms with Crippen LogP contribution in [-0.4, -0.2) is 30.0 Å². The Morgan fingerprint density at radius 1 is 1.06 bits per heavy atom. The smallest absolute Gasteiger partial charge is 0.244 e. The molecule has 0 saturated heterocycles. The number of hydrogen-bond acceptors (Lipinski definition) is 7. The molecule has 8 nitrogen and oxygen atoms in total. The van der Waals surface area contributed by atoms with Crippen molar-refractivity contribution in [1.29, 1.82) is 5.26 Å². The molecule has 0 amide bonds. The topological polar surface area (TPSA) is 115 Å². The van der Waals surface area contributed by atoms with Crippen LogP contribution in [0, 0.1) is 11.3 Å². The minimum absolute atomic E-state index is 0.0328. The zero-order valence-electron chi connectivity index (χ0n) is 19.6. The molecule has 1 aliphatic rings. The lowest BCUT2D eigenvalue weighted by Crippen LogP contribution is -2.21. The van der Waals surface area contributed by atoms with E-state index in [1.54, 1.807) is 0 Å². The molecule has 0 bridgehead atoms. The number of nitrogens with two attached hydrogens (primary N) is 1. The zero-order valence-corrected chi connectivity index (χ0v) is 19.6. The van der Waals surface area contributed by atoms with Gasteiger partial charge in [0.1, 0.15) is 17.4 Å². The van der Waals surface area contributed by atoms with Gasteiger partial charge in [-0.05, 0) is 50.1 Å². The van der Waals surface area contributed by atoms with Gasteiger partial charge in [-0.1, -0.05) is 25.1 Å². The molecular weight excluding hydrogens is 432 g/mol. The van der Waals surface area contributed by atoms with Crippen molar-refractivity contribution in [3.8, 4) is 40.5 Å². The van der Waals surface area contributed by atoms with E-state index < -0.39 is 5.92 Å². The molecule has 3 aromatic rings. The first-order chi connectivity index (χ1) is 16.6. The second-order valence-electron chi connectivity index (χ2n) is 7.69. The lowest BCUT2D eigenvalue weighted by molar-refractivity contribution is 0.276. The summed E-state index contributed by atoms with van der Waals surface area (Å²) in [4.78, 5) is 0. The number of aromatic amines is 1. The molecule has 1 aromatic heterocycles. The molecule has 8 heteroatoms. The quantitative estimate of drug-likeness (QED) is 0.467. The Hall–Kier alpha value is -4.12. The van der Waals surface area contributed by atoms with E-state index in [-0.39, 0.29) is 5.88 Å². The number of ether oxygens (including phenoxy) is 4. The fraction of sp³-hybridized carbons (Fsp3) is 0.308. The molecular formula is C26H28N4O4. The van der Waals surface area contributed by atoms with Crippen LogP contribution in [0.25, 0.3) is 11.3 Å². The summed E-state index contributed by atoms with van der Waals surface area (Å²) in [6.45, 7) is 7.52. The van der Waals surface area contributed by atoms with E-state index in [2.05, 4.69) is 16.3 Å². The largest absolute Gasteiger partial charge is 0.494 e. The van der Waals surface area contributed by atoms with Crippen LogP contribution in [0.5, 0.6) is 23.1 Å². The third kappa shape index (κ3) is 4.37. The van der Waals surface area contributed by atoms with Crippen molar-refractivity contribution >= 4 is 0 Å². The van der Waals surface area contributed by atoms with E-state index in [0.29, 0.717) is 42.8 Å². The lowest BCUT2D eigenvalue weighted by Gasteiger charge is -2.25. The van der Waals surface area contributed by atoms with Gasteiger partial charge in [0.25, 0.3) is 0 Å². The number of H-pyrrole nitrogens is 1. The number of hydrogen-bond donors (Lipinski definition) is 2. The summed E-state index contributed by atoms with van der Waals surface area (Å²) in [6, 6.07) is 15.6. The number of nitrogens with one attached hydrogen (secondary N) is 1. The molecule has 3 N–H and O–H groups in total. The standard InChI is InChI=1S/C26H28N4O4/c1-4-12-33-20-11-10-16(14-21(20)32-6-3)22-19(15-27)25(28)34-26-23(22)24(29-30-26)17-8-7-9-18(13-17)31-5-2/h7-11,13-14,22H,4-6,12,28H2,1-3H3,(H,29,30). The lowest BCUT2D eigenvalue weighted by atomic mass is 9.83. The maximum atomic E-state index is 10.0. The van der Waals surface area contributed by atoms with E-state index >= 15 is 0 Å². The fourth-order valence-corrected chi connectivity index (χ4v) is 4.01. The summed E-state index contributed by atoms with van der Waals surface area (Å²) >= 11 is 0. The van der Waals surface area contributed by atoms with Crippen LogP contribution in [0.2, 0.25) is 0 Å². The van der Waals surface area contributed by atoms with E-state index in [0.717, 1.165) is 34.6 Å². The number of fused-ring (bicyclic) bond motifs is 1. The van der Waals surface area contributed by atoms with Crippen molar-refractivity contribution in [2.75, 3.05) is 19.8 Å². The molecule has 2 heterocycles. The number of aromatic nitrogens is 2. The summed E-state index contributed by atoms with van der Waals surface area (Å²) < 4.78 is 23.1. The molecule has 176 valence electrons. The van der Waals surface area contributed by atoms with Crippen LogP contribution in [-0.2, 0) is 0 Å². The van der Waals surface area contributed by atoms with Gasteiger partial charge in [-0.2, -0.15) is 5.26 Å². The van der Waals surface area contributed by atoms with Crippen LogP contribution in [0.1, 0.15) is 44.2 Å². The highest BCUT2D eigenvalue weighted by atomic mass is 16.5. The van der Waals surface area contributed by atoms with Crippen molar-refractivity contribution in [3.05, 3.63) is 65.0 Å². The molecule has 0 fully saturated rings. The number of nitriles is 1. The third-order valence-electron chi connectivity index (χ3n) is 5.44. The summed E-state index contributed by atoms with van der Waals surface area (Å²) in [7, 11) is 0. The monoisotopic (exact) mass is 460 g/mol. The first-order valence-corrected chi connectivity index (χ1v) is 11.4. The molecule has 4 rings (SSSR count). The Labute approximate surface area is 198 Å². The van der Waals surface area contributed by atoms with Gasteiger partial charge in [0.15, 0.2) is 11.5 Å².